The van der Waals surface area contributed by atoms with E-state index in [9.17, 15) is 4.79 Å². The van der Waals surface area contributed by atoms with Crippen molar-refractivity contribution in [2.75, 3.05) is 0 Å². The number of aromatic nitrogens is 3. The van der Waals surface area contributed by atoms with Crippen LogP contribution in [0, 0.1) is 20.8 Å². The summed E-state index contributed by atoms with van der Waals surface area (Å²) in [5.41, 5.74) is 3.58. The summed E-state index contributed by atoms with van der Waals surface area (Å²) in [4.78, 5) is 27.8. The molecular weight excluding hydrogens is 368 g/mol. The van der Waals surface area contributed by atoms with Crippen molar-refractivity contribution in [2.45, 2.75) is 27.3 Å². The number of thiophene rings is 1. The maximum atomic E-state index is 13.0. The van der Waals surface area contributed by atoms with E-state index < -0.39 is 0 Å². The number of rotatable bonds is 3. The number of nitrogens with zero attached hydrogens (tertiary/aromatic N) is 4. The molecule has 140 valence electrons. The van der Waals surface area contributed by atoms with Gasteiger partial charge in [0.15, 0.2) is 0 Å². The van der Waals surface area contributed by atoms with Crippen LogP contribution in [0.3, 0.4) is 0 Å². The molecule has 0 radical (unpaired) electrons. The number of hydrogen-bond donors (Lipinski definition) is 0. The zero-order valence-corrected chi connectivity index (χ0v) is 16.8. The summed E-state index contributed by atoms with van der Waals surface area (Å²) < 4.78 is 1.98. The molecule has 0 saturated carbocycles. The maximum Gasteiger partial charge on any atom is 0.289 e. The second kappa shape index (κ2) is 7.48. The normalized spacial score (nSPS) is 11.9. The fourth-order valence-corrected chi connectivity index (χ4v) is 4.48. The van der Waals surface area contributed by atoms with Gasteiger partial charge in [0.05, 0.1) is 0 Å². The van der Waals surface area contributed by atoms with Gasteiger partial charge < -0.3 is 4.57 Å². The number of fused-ring (bicyclic) bond motifs is 1. The summed E-state index contributed by atoms with van der Waals surface area (Å²) in [5, 5.41) is 0.958. The van der Waals surface area contributed by atoms with Crippen LogP contribution in [-0.2, 0) is 6.54 Å². The van der Waals surface area contributed by atoms with E-state index in [2.05, 4.69) is 27.1 Å². The zero-order chi connectivity index (χ0) is 19.7. The van der Waals surface area contributed by atoms with Gasteiger partial charge in [-0.2, -0.15) is 4.99 Å². The fraction of sp³-hybridized carbons (Fsp3) is 0.182. The van der Waals surface area contributed by atoms with Crippen LogP contribution in [-0.4, -0.2) is 20.4 Å². The van der Waals surface area contributed by atoms with Gasteiger partial charge in [-0.1, -0.05) is 36.4 Å². The van der Waals surface area contributed by atoms with Crippen LogP contribution in [0.5, 0.6) is 0 Å². The van der Waals surface area contributed by atoms with E-state index in [0.29, 0.717) is 22.7 Å². The minimum atomic E-state index is -0.245. The van der Waals surface area contributed by atoms with Gasteiger partial charge in [-0.05, 0) is 44.0 Å². The number of amides is 1. The van der Waals surface area contributed by atoms with Gasteiger partial charge >= 0.3 is 0 Å². The van der Waals surface area contributed by atoms with Crippen LogP contribution < -0.4 is 5.49 Å². The molecule has 3 heterocycles. The Morgan fingerprint density at radius 1 is 1.04 bits per heavy atom. The van der Waals surface area contributed by atoms with Gasteiger partial charge in [-0.3, -0.25) is 4.79 Å². The predicted molar refractivity (Wildman–Crippen MR) is 111 cm³/mol. The SMILES string of the molecule is Cc1nc(C)c2c(C)c(C(=O)N=c3ccccn3Cc3ccccc3)sc2n1. The average Bonchev–Trinajstić information content (AvgIpc) is 3.01. The zero-order valence-electron chi connectivity index (χ0n) is 16.0. The van der Waals surface area contributed by atoms with Crippen LogP contribution in [0.4, 0.5) is 0 Å². The third kappa shape index (κ3) is 3.51. The molecule has 0 fully saturated rings. The molecule has 0 saturated heterocycles. The van der Waals surface area contributed by atoms with Gasteiger partial charge in [0.1, 0.15) is 21.0 Å². The summed E-state index contributed by atoms with van der Waals surface area (Å²) >= 11 is 1.39. The van der Waals surface area contributed by atoms with Crippen molar-refractivity contribution in [3.63, 3.8) is 0 Å². The minimum Gasteiger partial charge on any atom is -0.328 e. The number of benzene rings is 1. The van der Waals surface area contributed by atoms with Gasteiger partial charge in [0.25, 0.3) is 5.91 Å². The first-order valence-electron chi connectivity index (χ1n) is 9.05. The highest BCUT2D eigenvalue weighted by molar-refractivity contribution is 7.20. The Kier molecular flexibility index (Phi) is 4.88. The Labute approximate surface area is 167 Å². The molecule has 0 spiro atoms. The molecule has 28 heavy (non-hydrogen) atoms. The predicted octanol–water partition coefficient (Wildman–Crippen LogP) is 4.21. The molecule has 6 heteroatoms. The lowest BCUT2D eigenvalue weighted by atomic mass is 10.1. The first-order chi connectivity index (χ1) is 13.5. The molecule has 1 aromatic carbocycles. The Morgan fingerprint density at radius 2 is 1.79 bits per heavy atom. The van der Waals surface area contributed by atoms with Crippen LogP contribution in [0.1, 0.15) is 32.3 Å². The van der Waals surface area contributed by atoms with Gasteiger partial charge in [0.2, 0.25) is 0 Å². The second-order valence-electron chi connectivity index (χ2n) is 6.68. The van der Waals surface area contributed by atoms with Crippen LogP contribution >= 0.6 is 11.3 Å². The van der Waals surface area contributed by atoms with Crippen molar-refractivity contribution in [3.05, 3.63) is 87.7 Å². The van der Waals surface area contributed by atoms with Crippen molar-refractivity contribution in [3.8, 4) is 0 Å². The van der Waals surface area contributed by atoms with Crippen molar-refractivity contribution >= 4 is 27.5 Å². The monoisotopic (exact) mass is 388 g/mol. The smallest absolute Gasteiger partial charge is 0.289 e. The molecule has 4 rings (SSSR count). The van der Waals surface area contributed by atoms with E-state index in [1.807, 2.05) is 67.9 Å². The number of carbonyl (C=O) groups excluding carboxylic acids is 1. The van der Waals surface area contributed by atoms with E-state index in [0.717, 1.165) is 27.0 Å². The highest BCUT2D eigenvalue weighted by Gasteiger charge is 2.18. The van der Waals surface area contributed by atoms with Crippen LogP contribution in [0.15, 0.2) is 59.7 Å². The first-order valence-corrected chi connectivity index (χ1v) is 9.87. The molecule has 4 aromatic rings. The van der Waals surface area contributed by atoms with Gasteiger partial charge in [-0.25, -0.2) is 9.97 Å². The second-order valence-corrected chi connectivity index (χ2v) is 7.68. The largest absolute Gasteiger partial charge is 0.328 e. The van der Waals surface area contributed by atoms with Crippen molar-refractivity contribution in [2.24, 2.45) is 4.99 Å². The molecule has 0 unspecified atom stereocenters. The molecule has 0 bridgehead atoms. The third-order valence-corrected chi connectivity index (χ3v) is 5.78. The fourth-order valence-electron chi connectivity index (χ4n) is 3.32. The third-order valence-electron chi connectivity index (χ3n) is 4.61. The van der Waals surface area contributed by atoms with Gasteiger partial charge in [-0.15, -0.1) is 11.3 Å². The summed E-state index contributed by atoms with van der Waals surface area (Å²) in [6.07, 6.45) is 1.94. The van der Waals surface area contributed by atoms with Crippen LogP contribution in [0.25, 0.3) is 10.2 Å². The van der Waals surface area contributed by atoms with Crippen molar-refractivity contribution < 1.29 is 4.79 Å². The first kappa shape index (κ1) is 18.3. The summed E-state index contributed by atoms with van der Waals surface area (Å²) in [7, 11) is 0. The van der Waals surface area contributed by atoms with E-state index in [-0.39, 0.29) is 5.91 Å². The molecule has 1 amide bonds. The number of carbonyl (C=O) groups is 1. The summed E-state index contributed by atoms with van der Waals surface area (Å²) in [6.45, 7) is 6.41. The highest BCUT2D eigenvalue weighted by atomic mass is 32.1. The lowest BCUT2D eigenvalue weighted by Gasteiger charge is -2.07. The maximum absolute atomic E-state index is 13.0. The molecule has 3 aromatic heterocycles. The topological polar surface area (TPSA) is 60.1 Å². The quantitative estimate of drug-likeness (QED) is 0.528. The number of aryl methyl sites for hydroxylation is 3. The van der Waals surface area contributed by atoms with Gasteiger partial charge in [0, 0.05) is 23.8 Å². The molecule has 0 aliphatic rings. The Morgan fingerprint density at radius 3 is 2.57 bits per heavy atom. The van der Waals surface area contributed by atoms with E-state index in [4.69, 9.17) is 0 Å². The molecule has 0 N–H and O–H groups in total. The minimum absolute atomic E-state index is 0.245. The van der Waals surface area contributed by atoms with Crippen molar-refractivity contribution in [1.29, 1.82) is 0 Å². The Balaban J connectivity index is 1.76. The van der Waals surface area contributed by atoms with E-state index >= 15 is 0 Å². The number of pyridine rings is 1. The lowest BCUT2D eigenvalue weighted by molar-refractivity contribution is 0.100. The lowest BCUT2D eigenvalue weighted by Crippen LogP contribution is -2.22. The highest BCUT2D eigenvalue weighted by Crippen LogP contribution is 2.31. The summed E-state index contributed by atoms with van der Waals surface area (Å²) in [6, 6.07) is 15.8. The Hall–Kier alpha value is -3.12. The number of hydrogen-bond acceptors (Lipinski definition) is 4. The molecule has 0 aliphatic heterocycles. The van der Waals surface area contributed by atoms with Crippen molar-refractivity contribution in [1.82, 2.24) is 14.5 Å². The molecular formula is C22H20N4OS. The molecule has 0 atom stereocenters. The Bertz CT molecular complexity index is 1240. The molecule has 5 nitrogen and oxygen atoms in total. The average molecular weight is 388 g/mol. The summed E-state index contributed by atoms with van der Waals surface area (Å²) in [5.74, 6) is 0.469. The van der Waals surface area contributed by atoms with E-state index in [1.165, 1.54) is 11.3 Å². The van der Waals surface area contributed by atoms with Crippen LogP contribution in [0.2, 0.25) is 0 Å². The van der Waals surface area contributed by atoms with E-state index in [1.54, 1.807) is 0 Å². The molecule has 0 aliphatic carbocycles. The standard InChI is InChI=1S/C22H20N4OS/c1-14-19-15(2)23-16(3)24-22(19)28-20(14)21(27)25-18-11-7-8-12-26(18)13-17-9-5-4-6-10-17/h4-12H,13H2,1-3H3.